The van der Waals surface area contributed by atoms with E-state index in [4.69, 9.17) is 4.52 Å². The minimum Gasteiger partial charge on any atom is -0.364 e. The smallest absolute Gasteiger partial charge is 0.276 e. The van der Waals surface area contributed by atoms with Gasteiger partial charge in [-0.05, 0) is 14.0 Å². The highest BCUT2D eigenvalue weighted by Crippen LogP contribution is 2.10. The van der Waals surface area contributed by atoms with Crippen LogP contribution in [0.1, 0.15) is 16.1 Å². The minimum absolute atomic E-state index is 0.0191. The Labute approximate surface area is 88.6 Å². The SMILES string of the molecule is Cc1conc1C(=O)N1CCN(C)CC1. The number of carbonyl (C=O) groups is 1. The molecule has 1 fully saturated rings. The molecule has 1 amide bonds. The Morgan fingerprint density at radius 1 is 1.40 bits per heavy atom. The maximum absolute atomic E-state index is 12.0. The Morgan fingerprint density at radius 2 is 2.07 bits per heavy atom. The molecule has 1 aliphatic heterocycles. The molecule has 0 spiro atoms. The maximum Gasteiger partial charge on any atom is 0.276 e. The van der Waals surface area contributed by atoms with Gasteiger partial charge in [0.15, 0.2) is 5.69 Å². The van der Waals surface area contributed by atoms with Crippen LogP contribution in [0.2, 0.25) is 0 Å². The summed E-state index contributed by atoms with van der Waals surface area (Å²) in [6, 6.07) is 0. The first kappa shape index (κ1) is 10.2. The van der Waals surface area contributed by atoms with Gasteiger partial charge in [-0.1, -0.05) is 5.16 Å². The van der Waals surface area contributed by atoms with Crippen LogP contribution in [0.25, 0.3) is 0 Å². The lowest BCUT2D eigenvalue weighted by Crippen LogP contribution is -2.47. The molecule has 1 saturated heterocycles. The average molecular weight is 209 g/mol. The number of nitrogens with zero attached hydrogens (tertiary/aromatic N) is 3. The van der Waals surface area contributed by atoms with Crippen LogP contribution in [0.4, 0.5) is 0 Å². The van der Waals surface area contributed by atoms with Gasteiger partial charge in [-0.3, -0.25) is 4.79 Å². The summed E-state index contributed by atoms with van der Waals surface area (Å²) in [7, 11) is 2.06. The predicted octanol–water partition coefficient (Wildman–Crippen LogP) is 0.371. The van der Waals surface area contributed by atoms with Crippen LogP contribution in [0.3, 0.4) is 0 Å². The summed E-state index contributed by atoms with van der Waals surface area (Å²) < 4.78 is 4.77. The first-order valence-electron chi connectivity index (χ1n) is 5.07. The van der Waals surface area contributed by atoms with E-state index in [1.54, 1.807) is 0 Å². The average Bonchev–Trinajstić information content (AvgIpc) is 2.65. The molecule has 0 aliphatic carbocycles. The van der Waals surface area contributed by atoms with Gasteiger partial charge in [0.2, 0.25) is 0 Å². The zero-order chi connectivity index (χ0) is 10.8. The van der Waals surface area contributed by atoms with Gasteiger partial charge < -0.3 is 14.3 Å². The van der Waals surface area contributed by atoms with Crippen LogP contribution in [0, 0.1) is 6.92 Å². The van der Waals surface area contributed by atoms with Crippen molar-refractivity contribution in [3.05, 3.63) is 17.5 Å². The quantitative estimate of drug-likeness (QED) is 0.670. The Balaban J connectivity index is 2.06. The zero-order valence-electron chi connectivity index (χ0n) is 9.06. The third kappa shape index (κ3) is 2.02. The lowest BCUT2D eigenvalue weighted by Gasteiger charge is -2.31. The van der Waals surface area contributed by atoms with Crippen LogP contribution in [0.5, 0.6) is 0 Å². The van der Waals surface area contributed by atoms with Crippen LogP contribution >= 0.6 is 0 Å². The van der Waals surface area contributed by atoms with Crippen molar-refractivity contribution in [3.8, 4) is 0 Å². The van der Waals surface area contributed by atoms with E-state index in [1.807, 2.05) is 11.8 Å². The second kappa shape index (κ2) is 4.02. The van der Waals surface area contributed by atoms with Gasteiger partial charge >= 0.3 is 0 Å². The molecule has 1 aromatic heterocycles. The second-order valence-corrected chi connectivity index (χ2v) is 3.94. The molecule has 0 aromatic carbocycles. The Morgan fingerprint density at radius 3 is 2.60 bits per heavy atom. The van der Waals surface area contributed by atoms with Crippen LogP contribution < -0.4 is 0 Å². The van der Waals surface area contributed by atoms with E-state index in [0.29, 0.717) is 5.69 Å². The minimum atomic E-state index is -0.0191. The van der Waals surface area contributed by atoms with Gasteiger partial charge in [0.1, 0.15) is 6.26 Å². The van der Waals surface area contributed by atoms with Gasteiger partial charge in [0.25, 0.3) is 5.91 Å². The van der Waals surface area contributed by atoms with Crippen molar-refractivity contribution in [2.24, 2.45) is 0 Å². The molecular formula is C10H15N3O2. The summed E-state index contributed by atoms with van der Waals surface area (Å²) in [6.45, 7) is 5.20. The molecule has 15 heavy (non-hydrogen) atoms. The highest BCUT2D eigenvalue weighted by molar-refractivity contribution is 5.93. The Hall–Kier alpha value is -1.36. The molecule has 82 valence electrons. The Bertz CT molecular complexity index is 353. The Kier molecular flexibility index (Phi) is 2.73. The van der Waals surface area contributed by atoms with Gasteiger partial charge in [0.05, 0.1) is 0 Å². The van der Waals surface area contributed by atoms with Crippen molar-refractivity contribution in [3.63, 3.8) is 0 Å². The molecule has 0 saturated carbocycles. The van der Waals surface area contributed by atoms with Crippen LogP contribution in [-0.2, 0) is 0 Å². The van der Waals surface area contributed by atoms with Crippen molar-refractivity contribution in [1.82, 2.24) is 15.0 Å². The van der Waals surface area contributed by atoms with Crippen LogP contribution in [-0.4, -0.2) is 54.1 Å². The number of aryl methyl sites for hydroxylation is 1. The van der Waals surface area contributed by atoms with E-state index < -0.39 is 0 Å². The summed E-state index contributed by atoms with van der Waals surface area (Å²) in [4.78, 5) is 16.0. The lowest BCUT2D eigenvalue weighted by molar-refractivity contribution is 0.0653. The lowest BCUT2D eigenvalue weighted by atomic mass is 10.2. The van der Waals surface area contributed by atoms with E-state index in [-0.39, 0.29) is 5.91 Å². The topological polar surface area (TPSA) is 49.6 Å². The molecule has 0 unspecified atom stereocenters. The van der Waals surface area contributed by atoms with Crippen molar-refractivity contribution in [1.29, 1.82) is 0 Å². The number of amides is 1. The zero-order valence-corrected chi connectivity index (χ0v) is 9.06. The molecular weight excluding hydrogens is 194 g/mol. The highest BCUT2D eigenvalue weighted by Gasteiger charge is 2.23. The second-order valence-electron chi connectivity index (χ2n) is 3.94. The molecule has 0 radical (unpaired) electrons. The number of aromatic nitrogens is 1. The summed E-state index contributed by atoms with van der Waals surface area (Å²) in [5.74, 6) is -0.0191. The summed E-state index contributed by atoms with van der Waals surface area (Å²) in [6.07, 6.45) is 1.50. The van der Waals surface area contributed by atoms with Crippen molar-refractivity contribution >= 4 is 5.91 Å². The number of rotatable bonds is 1. The summed E-state index contributed by atoms with van der Waals surface area (Å²) in [5, 5.41) is 3.73. The fourth-order valence-electron chi connectivity index (χ4n) is 1.65. The number of likely N-dealkylation sites (N-methyl/N-ethyl adjacent to an activating group) is 1. The van der Waals surface area contributed by atoms with E-state index in [0.717, 1.165) is 31.7 Å². The first-order valence-corrected chi connectivity index (χ1v) is 5.07. The number of carbonyl (C=O) groups excluding carboxylic acids is 1. The molecule has 5 nitrogen and oxygen atoms in total. The number of hydrogen-bond acceptors (Lipinski definition) is 4. The largest absolute Gasteiger partial charge is 0.364 e. The fraction of sp³-hybridized carbons (Fsp3) is 0.600. The molecule has 1 aromatic rings. The van der Waals surface area contributed by atoms with Crippen LogP contribution in [0.15, 0.2) is 10.8 Å². The summed E-state index contributed by atoms with van der Waals surface area (Å²) in [5.41, 5.74) is 1.25. The number of piperazine rings is 1. The molecule has 0 bridgehead atoms. The predicted molar refractivity (Wildman–Crippen MR) is 54.6 cm³/mol. The van der Waals surface area contributed by atoms with Crippen molar-refractivity contribution in [2.45, 2.75) is 6.92 Å². The third-order valence-corrected chi connectivity index (χ3v) is 2.74. The van der Waals surface area contributed by atoms with Crippen molar-refractivity contribution in [2.75, 3.05) is 33.2 Å². The summed E-state index contributed by atoms with van der Waals surface area (Å²) >= 11 is 0. The van der Waals surface area contributed by atoms with E-state index in [9.17, 15) is 4.79 Å². The normalized spacial score (nSPS) is 18.1. The first-order chi connectivity index (χ1) is 7.18. The highest BCUT2D eigenvalue weighted by atomic mass is 16.5. The molecule has 0 N–H and O–H groups in total. The van der Waals surface area contributed by atoms with Gasteiger partial charge in [0, 0.05) is 31.7 Å². The maximum atomic E-state index is 12.0. The van der Waals surface area contributed by atoms with E-state index >= 15 is 0 Å². The van der Waals surface area contributed by atoms with Gasteiger partial charge in [-0.2, -0.15) is 0 Å². The standard InChI is InChI=1S/C10H15N3O2/c1-8-7-15-11-9(8)10(14)13-5-3-12(2)4-6-13/h7H,3-6H2,1-2H3. The van der Waals surface area contributed by atoms with Gasteiger partial charge in [-0.25, -0.2) is 0 Å². The number of hydrogen-bond donors (Lipinski definition) is 0. The third-order valence-electron chi connectivity index (χ3n) is 2.74. The van der Waals surface area contributed by atoms with E-state index in [1.165, 1.54) is 6.26 Å². The monoisotopic (exact) mass is 209 g/mol. The molecule has 5 heteroatoms. The molecule has 2 rings (SSSR count). The van der Waals surface area contributed by atoms with Crippen molar-refractivity contribution < 1.29 is 9.32 Å². The molecule has 0 atom stereocenters. The van der Waals surface area contributed by atoms with E-state index in [2.05, 4.69) is 17.1 Å². The molecule has 1 aliphatic rings. The molecule has 2 heterocycles. The van der Waals surface area contributed by atoms with Gasteiger partial charge in [-0.15, -0.1) is 0 Å². The fourth-order valence-corrected chi connectivity index (χ4v) is 1.65.